The first-order valence-corrected chi connectivity index (χ1v) is 10.3. The monoisotopic (exact) mass is 417 g/mol. The number of hydrogen-bond acceptors (Lipinski definition) is 3. The van der Waals surface area contributed by atoms with Gasteiger partial charge in [0.25, 0.3) is 5.91 Å². The van der Waals surface area contributed by atoms with Crippen LogP contribution in [0.3, 0.4) is 0 Å². The first-order valence-electron chi connectivity index (χ1n) is 10.3. The average molecular weight is 417 g/mol. The highest BCUT2D eigenvalue weighted by Crippen LogP contribution is 2.41. The molecule has 1 heterocycles. The minimum absolute atomic E-state index is 0.0153. The summed E-state index contributed by atoms with van der Waals surface area (Å²) < 4.78 is 38.5. The van der Waals surface area contributed by atoms with E-state index >= 15 is 0 Å². The molecule has 1 amide bonds. The van der Waals surface area contributed by atoms with Gasteiger partial charge >= 0.3 is 6.18 Å². The van der Waals surface area contributed by atoms with Gasteiger partial charge in [0, 0.05) is 29.3 Å². The topological polar surface area (TPSA) is 44.4 Å². The third kappa shape index (κ3) is 5.02. The summed E-state index contributed by atoms with van der Waals surface area (Å²) in [5.74, 6) is -0.0695. The number of carbonyl (C=O) groups is 1. The van der Waals surface area contributed by atoms with E-state index in [9.17, 15) is 18.0 Å². The highest BCUT2D eigenvalue weighted by atomic mass is 19.4. The zero-order valence-corrected chi connectivity index (χ0v) is 16.9. The zero-order chi connectivity index (χ0) is 21.3. The summed E-state index contributed by atoms with van der Waals surface area (Å²) in [6, 6.07) is 13.1. The van der Waals surface area contributed by atoms with Crippen LogP contribution in [0.15, 0.2) is 48.5 Å². The highest BCUT2D eigenvalue weighted by Gasteiger charge is 2.39. The maximum Gasteiger partial charge on any atom is 0.416 e. The van der Waals surface area contributed by atoms with Crippen LogP contribution in [0.25, 0.3) is 0 Å². The molecular formula is C23H26F3N3O. The number of likely N-dealkylation sites (tertiary alicyclic amines) is 1. The molecule has 2 N–H and O–H groups in total. The Hall–Kier alpha value is -2.38. The number of halogens is 3. The molecule has 1 aliphatic heterocycles. The fourth-order valence-corrected chi connectivity index (χ4v) is 4.08. The summed E-state index contributed by atoms with van der Waals surface area (Å²) in [6.07, 6.45) is -0.997. The molecule has 0 unspecified atom stereocenters. The Morgan fingerprint density at radius 2 is 1.77 bits per heavy atom. The molecule has 2 atom stereocenters. The second-order valence-electron chi connectivity index (χ2n) is 8.35. The van der Waals surface area contributed by atoms with E-state index in [0.717, 1.165) is 31.6 Å². The number of amides is 1. The fraction of sp³-hybridized carbons (Fsp3) is 0.435. The molecule has 4 nitrogen and oxygen atoms in total. The smallest absolute Gasteiger partial charge is 0.322 e. The van der Waals surface area contributed by atoms with Crippen molar-refractivity contribution in [3.63, 3.8) is 0 Å². The second-order valence-corrected chi connectivity index (χ2v) is 8.35. The molecule has 0 radical (unpaired) electrons. The number of anilines is 1. The molecule has 2 aromatic rings. The molecule has 160 valence electrons. The Morgan fingerprint density at radius 1 is 1.07 bits per heavy atom. The van der Waals surface area contributed by atoms with E-state index in [-0.39, 0.29) is 5.56 Å². The summed E-state index contributed by atoms with van der Waals surface area (Å²) in [4.78, 5) is 14.7. The number of benzene rings is 2. The summed E-state index contributed by atoms with van der Waals surface area (Å²) in [7, 11) is 2.16. The first kappa shape index (κ1) is 20.9. The van der Waals surface area contributed by atoms with Gasteiger partial charge in [-0.15, -0.1) is 0 Å². The van der Waals surface area contributed by atoms with Crippen molar-refractivity contribution in [2.45, 2.75) is 43.4 Å². The fourth-order valence-electron chi connectivity index (χ4n) is 4.08. The van der Waals surface area contributed by atoms with Gasteiger partial charge in [-0.05, 0) is 75.3 Å². The average Bonchev–Trinajstić information content (AvgIpc) is 3.49. The molecule has 0 bridgehead atoms. The van der Waals surface area contributed by atoms with Gasteiger partial charge in [-0.2, -0.15) is 13.2 Å². The number of carbonyl (C=O) groups excluding carboxylic acids is 1. The molecular weight excluding hydrogens is 391 g/mol. The van der Waals surface area contributed by atoms with Gasteiger partial charge < -0.3 is 15.5 Å². The largest absolute Gasteiger partial charge is 0.416 e. The third-order valence-corrected chi connectivity index (χ3v) is 6.01. The second kappa shape index (κ2) is 8.40. The van der Waals surface area contributed by atoms with Gasteiger partial charge in [-0.1, -0.05) is 18.2 Å². The highest BCUT2D eigenvalue weighted by molar-refractivity contribution is 6.04. The van der Waals surface area contributed by atoms with Crippen molar-refractivity contribution >= 4 is 11.6 Å². The Morgan fingerprint density at radius 3 is 2.43 bits per heavy atom. The van der Waals surface area contributed by atoms with E-state index < -0.39 is 17.6 Å². The van der Waals surface area contributed by atoms with Crippen molar-refractivity contribution in [1.29, 1.82) is 0 Å². The molecule has 0 spiro atoms. The summed E-state index contributed by atoms with van der Waals surface area (Å²) >= 11 is 0. The van der Waals surface area contributed by atoms with E-state index in [4.69, 9.17) is 0 Å². The number of nitrogens with zero attached hydrogens (tertiary/aromatic N) is 1. The Bertz CT molecular complexity index is 889. The quantitative estimate of drug-likeness (QED) is 0.753. The SMILES string of the molecule is CN1CCC(N[C@H]2C[C@@H]2c2ccc(NC(=O)c3cccc(C(F)(F)F)c3)cc2)CC1. The maximum absolute atomic E-state index is 12.8. The van der Waals surface area contributed by atoms with Crippen molar-refractivity contribution < 1.29 is 18.0 Å². The van der Waals surface area contributed by atoms with Crippen LogP contribution in [-0.2, 0) is 6.18 Å². The predicted octanol–water partition coefficient (Wildman–Crippen LogP) is 4.50. The molecule has 2 fully saturated rings. The maximum atomic E-state index is 12.8. The van der Waals surface area contributed by atoms with Gasteiger partial charge in [-0.3, -0.25) is 4.79 Å². The van der Waals surface area contributed by atoms with Crippen LogP contribution in [0, 0.1) is 0 Å². The van der Waals surface area contributed by atoms with Crippen molar-refractivity contribution in [1.82, 2.24) is 10.2 Å². The van der Waals surface area contributed by atoms with E-state index in [1.54, 1.807) is 0 Å². The van der Waals surface area contributed by atoms with Gasteiger partial charge in [0.2, 0.25) is 0 Å². The van der Waals surface area contributed by atoms with E-state index in [0.29, 0.717) is 23.7 Å². The molecule has 4 rings (SSSR count). The normalized spacial score (nSPS) is 22.7. The lowest BCUT2D eigenvalue weighted by Gasteiger charge is -2.29. The van der Waals surface area contributed by atoms with Gasteiger partial charge in [0.15, 0.2) is 0 Å². The Labute approximate surface area is 174 Å². The minimum atomic E-state index is -4.47. The predicted molar refractivity (Wildman–Crippen MR) is 111 cm³/mol. The number of hydrogen-bond donors (Lipinski definition) is 2. The minimum Gasteiger partial charge on any atom is -0.322 e. The van der Waals surface area contributed by atoms with Gasteiger partial charge in [-0.25, -0.2) is 0 Å². The lowest BCUT2D eigenvalue weighted by atomic mass is 10.0. The molecule has 2 aliphatic rings. The Balaban J connectivity index is 1.32. The van der Waals surface area contributed by atoms with Crippen LogP contribution in [0.4, 0.5) is 18.9 Å². The number of nitrogens with one attached hydrogen (secondary N) is 2. The third-order valence-electron chi connectivity index (χ3n) is 6.01. The Kier molecular flexibility index (Phi) is 5.84. The number of alkyl halides is 3. The summed E-state index contributed by atoms with van der Waals surface area (Å²) in [5.41, 5.74) is 0.944. The number of rotatable bonds is 5. The molecule has 1 aliphatic carbocycles. The summed E-state index contributed by atoms with van der Waals surface area (Å²) in [5, 5.41) is 6.44. The van der Waals surface area contributed by atoms with Gasteiger partial charge in [0.05, 0.1) is 5.56 Å². The molecule has 30 heavy (non-hydrogen) atoms. The molecule has 0 aromatic heterocycles. The van der Waals surface area contributed by atoms with Crippen LogP contribution in [0.2, 0.25) is 0 Å². The van der Waals surface area contributed by atoms with Crippen molar-refractivity contribution in [3.05, 3.63) is 65.2 Å². The van der Waals surface area contributed by atoms with Gasteiger partial charge in [0.1, 0.15) is 0 Å². The lowest BCUT2D eigenvalue weighted by Crippen LogP contribution is -2.41. The van der Waals surface area contributed by atoms with Crippen molar-refractivity contribution in [2.75, 3.05) is 25.5 Å². The zero-order valence-electron chi connectivity index (χ0n) is 16.9. The van der Waals surface area contributed by atoms with Crippen LogP contribution < -0.4 is 10.6 Å². The van der Waals surface area contributed by atoms with Crippen LogP contribution in [0.1, 0.15) is 46.7 Å². The molecule has 1 saturated carbocycles. The number of piperidine rings is 1. The molecule has 1 saturated heterocycles. The van der Waals surface area contributed by atoms with E-state index in [1.807, 2.05) is 24.3 Å². The molecule has 2 aromatic carbocycles. The van der Waals surface area contributed by atoms with Crippen LogP contribution >= 0.6 is 0 Å². The van der Waals surface area contributed by atoms with Crippen molar-refractivity contribution in [3.8, 4) is 0 Å². The standard InChI is InChI=1S/C23H26F3N3O/c1-29-11-9-19(10-12-29)27-21-14-20(21)15-5-7-18(8-6-15)28-22(30)16-3-2-4-17(13-16)23(24,25)26/h2-8,13,19-21,27H,9-12,14H2,1H3,(H,28,30)/t20-,21+/m1/s1. The summed E-state index contributed by atoms with van der Waals surface area (Å²) in [6.45, 7) is 2.27. The van der Waals surface area contributed by atoms with E-state index in [2.05, 4.69) is 22.6 Å². The molecule has 7 heteroatoms. The van der Waals surface area contributed by atoms with E-state index in [1.165, 1.54) is 30.5 Å². The van der Waals surface area contributed by atoms with Crippen LogP contribution in [0.5, 0.6) is 0 Å². The lowest BCUT2D eigenvalue weighted by molar-refractivity contribution is -0.137. The first-order chi connectivity index (χ1) is 14.3. The van der Waals surface area contributed by atoms with Crippen LogP contribution in [-0.4, -0.2) is 43.0 Å². The van der Waals surface area contributed by atoms with Crippen molar-refractivity contribution in [2.24, 2.45) is 0 Å².